The van der Waals surface area contributed by atoms with Gasteiger partial charge < -0.3 is 0 Å². The number of benzene rings is 2. The van der Waals surface area contributed by atoms with Crippen LogP contribution in [0.1, 0.15) is 50.8 Å². The van der Waals surface area contributed by atoms with Crippen molar-refractivity contribution in [2.75, 3.05) is 0 Å². The van der Waals surface area contributed by atoms with E-state index in [0.29, 0.717) is 0 Å². The Morgan fingerprint density at radius 3 is 2.06 bits per heavy atom. The Hall–Kier alpha value is -1.30. The highest BCUT2D eigenvalue weighted by Gasteiger charge is 2.12. The smallest absolute Gasteiger partial charge is 0.0117 e. The summed E-state index contributed by atoms with van der Waals surface area (Å²) in [6.07, 6.45) is 3.83. The molecule has 0 amide bonds. The average molecular weight is 242 g/mol. The fraction of sp³-hybridized carbons (Fsp3) is 0.444. The number of hydrogen-bond acceptors (Lipinski definition) is 0. The lowest BCUT2D eigenvalue weighted by Crippen LogP contribution is -2.01. The van der Waals surface area contributed by atoms with Crippen LogP contribution in [0.4, 0.5) is 0 Å². The van der Waals surface area contributed by atoms with Crippen LogP contribution in [0.15, 0.2) is 30.3 Å². The molecule has 0 saturated carbocycles. The van der Waals surface area contributed by atoms with Gasteiger partial charge in [0.1, 0.15) is 0 Å². The predicted molar refractivity (Wildman–Crippen MR) is 83.4 cm³/mol. The van der Waals surface area contributed by atoms with E-state index in [1.165, 1.54) is 30.2 Å². The van der Waals surface area contributed by atoms with Gasteiger partial charge in [-0.1, -0.05) is 58.0 Å². The maximum Gasteiger partial charge on any atom is -0.0117 e. The van der Waals surface area contributed by atoms with Gasteiger partial charge in [0.25, 0.3) is 0 Å². The van der Waals surface area contributed by atoms with Crippen LogP contribution in [0.5, 0.6) is 0 Å². The van der Waals surface area contributed by atoms with Crippen molar-refractivity contribution in [1.82, 2.24) is 0 Å². The first-order chi connectivity index (χ1) is 8.86. The van der Waals surface area contributed by atoms with Crippen LogP contribution >= 0.6 is 0 Å². The van der Waals surface area contributed by atoms with E-state index in [-0.39, 0.29) is 0 Å². The van der Waals surface area contributed by atoms with E-state index in [0.717, 1.165) is 0 Å². The van der Waals surface area contributed by atoms with Crippen molar-refractivity contribution in [2.24, 2.45) is 0 Å². The fourth-order valence-corrected chi connectivity index (χ4v) is 2.59. The van der Waals surface area contributed by atoms with Gasteiger partial charge in [-0.3, -0.25) is 0 Å². The first-order valence-corrected chi connectivity index (χ1v) is 7.36. The van der Waals surface area contributed by atoms with Gasteiger partial charge in [-0.15, -0.1) is 0 Å². The van der Waals surface area contributed by atoms with Crippen LogP contribution in [0.25, 0.3) is 10.8 Å². The second-order valence-corrected chi connectivity index (χ2v) is 4.23. The quantitative estimate of drug-likeness (QED) is 0.556. The molecule has 0 heteroatoms. The lowest BCUT2D eigenvalue weighted by molar-refractivity contribution is 0.808. The summed E-state index contributed by atoms with van der Waals surface area (Å²) in [6, 6.07) is 11.3. The summed E-state index contributed by atoms with van der Waals surface area (Å²) in [5.74, 6) is 0. The summed E-state index contributed by atoms with van der Waals surface area (Å²) >= 11 is 0. The minimum absolute atomic E-state index is 1.26. The minimum Gasteiger partial charge on any atom is -0.0683 e. The maximum atomic E-state index is 2.31. The molecule has 0 radical (unpaired) electrons. The first-order valence-electron chi connectivity index (χ1n) is 7.36. The summed E-state index contributed by atoms with van der Waals surface area (Å²) in [5.41, 5.74) is 4.51. The molecule has 0 heterocycles. The zero-order chi connectivity index (χ0) is 13.5. The number of rotatable bonds is 0. The Bertz CT molecular complexity index is 484. The van der Waals surface area contributed by atoms with Gasteiger partial charge in [0, 0.05) is 0 Å². The highest BCUT2D eigenvalue weighted by atomic mass is 14.2. The molecule has 0 unspecified atom stereocenters. The van der Waals surface area contributed by atoms with Crippen LogP contribution in [-0.2, 0) is 12.8 Å². The van der Waals surface area contributed by atoms with Crippen molar-refractivity contribution < 1.29 is 0 Å². The monoisotopic (exact) mass is 242 g/mol. The third-order valence-corrected chi connectivity index (χ3v) is 3.32. The zero-order valence-corrected chi connectivity index (χ0v) is 12.5. The molecule has 0 atom stereocenters. The van der Waals surface area contributed by atoms with Crippen molar-refractivity contribution in [3.63, 3.8) is 0 Å². The standard InChI is InChI=1S/C14H14.2C2H6/c1-10-8-9-12-5-2-4-11-6-3-7-13(10)14(11)12;2*1-2/h3,6-9H,2,4-5H2,1H3;2*1-2H3. The molecular formula is C18H26. The Morgan fingerprint density at radius 1 is 0.778 bits per heavy atom. The molecule has 1 aliphatic carbocycles. The third-order valence-electron chi connectivity index (χ3n) is 3.32. The molecule has 0 saturated heterocycles. The van der Waals surface area contributed by atoms with Gasteiger partial charge in [0.15, 0.2) is 0 Å². The molecule has 3 rings (SSSR count). The van der Waals surface area contributed by atoms with Crippen molar-refractivity contribution in [1.29, 1.82) is 0 Å². The molecule has 18 heavy (non-hydrogen) atoms. The number of aryl methyl sites for hydroxylation is 3. The fourth-order valence-electron chi connectivity index (χ4n) is 2.59. The Morgan fingerprint density at radius 2 is 1.39 bits per heavy atom. The van der Waals surface area contributed by atoms with E-state index < -0.39 is 0 Å². The SMILES string of the molecule is CC.CC.Cc1ccc2c3c(cccc13)CCC2. The predicted octanol–water partition coefficient (Wildman–Crippen LogP) is 5.69. The summed E-state index contributed by atoms with van der Waals surface area (Å²) in [5, 5.41) is 3.00. The van der Waals surface area contributed by atoms with Crippen LogP contribution in [0.3, 0.4) is 0 Å². The summed E-state index contributed by atoms with van der Waals surface area (Å²) in [4.78, 5) is 0. The van der Waals surface area contributed by atoms with E-state index in [9.17, 15) is 0 Å². The minimum atomic E-state index is 1.26. The van der Waals surface area contributed by atoms with Gasteiger partial charge in [-0.05, 0) is 53.6 Å². The second kappa shape index (κ2) is 7.20. The lowest BCUT2D eigenvalue weighted by Gasteiger charge is -2.17. The molecule has 0 aliphatic heterocycles. The van der Waals surface area contributed by atoms with E-state index in [2.05, 4.69) is 37.3 Å². The van der Waals surface area contributed by atoms with Crippen LogP contribution in [-0.4, -0.2) is 0 Å². The van der Waals surface area contributed by atoms with Crippen molar-refractivity contribution in [2.45, 2.75) is 53.9 Å². The maximum absolute atomic E-state index is 2.31. The largest absolute Gasteiger partial charge is 0.0683 e. The molecule has 0 spiro atoms. The topological polar surface area (TPSA) is 0 Å². The van der Waals surface area contributed by atoms with E-state index >= 15 is 0 Å². The summed E-state index contributed by atoms with van der Waals surface area (Å²) in [7, 11) is 0. The van der Waals surface area contributed by atoms with E-state index in [1.807, 2.05) is 27.7 Å². The molecular weight excluding hydrogens is 216 g/mol. The first kappa shape index (κ1) is 14.8. The van der Waals surface area contributed by atoms with Crippen molar-refractivity contribution >= 4 is 10.8 Å². The van der Waals surface area contributed by atoms with Gasteiger partial charge in [-0.2, -0.15) is 0 Å². The van der Waals surface area contributed by atoms with Gasteiger partial charge in [-0.25, -0.2) is 0 Å². The molecule has 0 fully saturated rings. The molecule has 0 aromatic heterocycles. The van der Waals surface area contributed by atoms with Crippen molar-refractivity contribution in [3.05, 3.63) is 47.0 Å². The molecule has 2 aromatic carbocycles. The molecule has 0 nitrogen and oxygen atoms in total. The number of hydrogen-bond donors (Lipinski definition) is 0. The van der Waals surface area contributed by atoms with E-state index in [4.69, 9.17) is 0 Å². The molecule has 0 N–H and O–H groups in total. The zero-order valence-electron chi connectivity index (χ0n) is 12.5. The van der Waals surface area contributed by atoms with Crippen LogP contribution in [0.2, 0.25) is 0 Å². The Labute approximate surface area is 112 Å². The highest BCUT2D eigenvalue weighted by molar-refractivity contribution is 5.92. The third kappa shape index (κ3) is 2.75. The Balaban J connectivity index is 0.000000371. The summed E-state index contributed by atoms with van der Waals surface area (Å²) < 4.78 is 0. The van der Waals surface area contributed by atoms with Gasteiger partial charge >= 0.3 is 0 Å². The summed E-state index contributed by atoms with van der Waals surface area (Å²) in [6.45, 7) is 10.2. The molecule has 1 aliphatic rings. The average Bonchev–Trinajstić information content (AvgIpc) is 2.47. The van der Waals surface area contributed by atoms with Gasteiger partial charge in [0.05, 0.1) is 0 Å². The second-order valence-electron chi connectivity index (χ2n) is 4.23. The Kier molecular flexibility index (Phi) is 5.91. The highest BCUT2D eigenvalue weighted by Crippen LogP contribution is 2.31. The lowest BCUT2D eigenvalue weighted by atomic mass is 9.87. The van der Waals surface area contributed by atoms with Gasteiger partial charge in [0.2, 0.25) is 0 Å². The van der Waals surface area contributed by atoms with Crippen LogP contribution < -0.4 is 0 Å². The molecule has 98 valence electrons. The normalized spacial score (nSPS) is 12.1. The van der Waals surface area contributed by atoms with Crippen molar-refractivity contribution in [3.8, 4) is 0 Å². The molecule has 2 aromatic rings. The van der Waals surface area contributed by atoms with E-state index in [1.54, 1.807) is 16.5 Å². The molecule has 0 bridgehead atoms. The van der Waals surface area contributed by atoms with Crippen LogP contribution in [0, 0.1) is 6.92 Å².